The molecule has 1 saturated carbocycles. The van der Waals surface area contributed by atoms with Crippen molar-refractivity contribution in [2.45, 2.75) is 50.2 Å². The summed E-state index contributed by atoms with van der Waals surface area (Å²) in [7, 11) is 1.96. The van der Waals surface area contributed by atoms with Crippen LogP contribution in [0, 0.1) is 12.8 Å². The van der Waals surface area contributed by atoms with Gasteiger partial charge in [0.25, 0.3) is 0 Å². The Hall–Kier alpha value is -0.480. The van der Waals surface area contributed by atoms with E-state index in [4.69, 9.17) is 0 Å². The lowest BCUT2D eigenvalue weighted by Crippen LogP contribution is -2.14. The minimum absolute atomic E-state index is 0.168. The zero-order chi connectivity index (χ0) is 12.3. The SMILES string of the molecule is Cc1cc(SCC(O)CC2CCCC2)n(C)n1. The number of nitrogens with zero attached hydrogens (tertiary/aromatic N) is 2. The summed E-state index contributed by atoms with van der Waals surface area (Å²) >= 11 is 1.71. The summed E-state index contributed by atoms with van der Waals surface area (Å²) in [6.45, 7) is 2.00. The van der Waals surface area contributed by atoms with Crippen LogP contribution in [0.25, 0.3) is 0 Å². The second kappa shape index (κ2) is 5.91. The van der Waals surface area contributed by atoms with Crippen molar-refractivity contribution in [3.63, 3.8) is 0 Å². The molecule has 1 aromatic rings. The maximum absolute atomic E-state index is 10.0. The molecule has 17 heavy (non-hydrogen) atoms. The monoisotopic (exact) mass is 254 g/mol. The third kappa shape index (κ3) is 3.75. The molecule has 1 fully saturated rings. The van der Waals surface area contributed by atoms with Crippen molar-refractivity contribution in [3.05, 3.63) is 11.8 Å². The fourth-order valence-corrected chi connectivity index (χ4v) is 3.58. The Labute approximate surface area is 108 Å². The van der Waals surface area contributed by atoms with Gasteiger partial charge in [0.1, 0.15) is 0 Å². The molecule has 3 nitrogen and oxygen atoms in total. The number of rotatable bonds is 5. The van der Waals surface area contributed by atoms with Crippen molar-refractivity contribution >= 4 is 11.8 Å². The molecule has 0 spiro atoms. The van der Waals surface area contributed by atoms with Crippen LogP contribution in [0.15, 0.2) is 11.1 Å². The zero-order valence-corrected chi connectivity index (χ0v) is 11.5. The van der Waals surface area contributed by atoms with Gasteiger partial charge in [-0.05, 0) is 25.3 Å². The number of aromatic nitrogens is 2. The summed E-state index contributed by atoms with van der Waals surface area (Å²) < 4.78 is 1.89. The van der Waals surface area contributed by atoms with E-state index in [9.17, 15) is 5.11 Å². The zero-order valence-electron chi connectivity index (χ0n) is 10.7. The molecule has 96 valence electrons. The Kier molecular flexibility index (Phi) is 4.51. The van der Waals surface area contributed by atoms with Crippen molar-refractivity contribution in [2.24, 2.45) is 13.0 Å². The maximum Gasteiger partial charge on any atom is 0.0940 e. The van der Waals surface area contributed by atoms with Crippen LogP contribution in [0.3, 0.4) is 0 Å². The van der Waals surface area contributed by atoms with Gasteiger partial charge in [-0.25, -0.2) is 0 Å². The molecule has 0 aliphatic heterocycles. The van der Waals surface area contributed by atoms with Crippen LogP contribution in [0.2, 0.25) is 0 Å². The van der Waals surface area contributed by atoms with E-state index in [-0.39, 0.29) is 6.10 Å². The van der Waals surface area contributed by atoms with Crippen molar-refractivity contribution in [1.29, 1.82) is 0 Å². The molecule has 0 amide bonds. The van der Waals surface area contributed by atoms with Gasteiger partial charge < -0.3 is 5.11 Å². The molecule has 1 N–H and O–H groups in total. The van der Waals surface area contributed by atoms with Gasteiger partial charge in [0.05, 0.1) is 16.8 Å². The van der Waals surface area contributed by atoms with Crippen LogP contribution >= 0.6 is 11.8 Å². The topological polar surface area (TPSA) is 38.0 Å². The van der Waals surface area contributed by atoms with Gasteiger partial charge in [-0.3, -0.25) is 4.68 Å². The molecule has 2 rings (SSSR count). The second-order valence-electron chi connectivity index (χ2n) is 5.10. The molecule has 0 radical (unpaired) electrons. The second-order valence-corrected chi connectivity index (χ2v) is 6.14. The molecule has 1 aliphatic rings. The van der Waals surface area contributed by atoms with E-state index < -0.39 is 0 Å². The lowest BCUT2D eigenvalue weighted by atomic mass is 10.0. The Morgan fingerprint density at radius 2 is 2.24 bits per heavy atom. The van der Waals surface area contributed by atoms with Gasteiger partial charge in [-0.15, -0.1) is 11.8 Å². The number of aliphatic hydroxyl groups excluding tert-OH is 1. The third-order valence-corrected chi connectivity index (χ3v) is 4.69. The van der Waals surface area contributed by atoms with E-state index >= 15 is 0 Å². The van der Waals surface area contributed by atoms with E-state index in [1.807, 2.05) is 18.7 Å². The molecular weight excluding hydrogens is 232 g/mol. The Morgan fingerprint density at radius 3 is 2.82 bits per heavy atom. The number of aryl methyl sites for hydroxylation is 2. The molecule has 0 bridgehead atoms. The van der Waals surface area contributed by atoms with Crippen molar-refractivity contribution in [1.82, 2.24) is 9.78 Å². The fourth-order valence-electron chi connectivity index (χ4n) is 2.60. The van der Waals surface area contributed by atoms with Crippen molar-refractivity contribution < 1.29 is 5.11 Å². The van der Waals surface area contributed by atoms with E-state index in [0.29, 0.717) is 0 Å². The van der Waals surface area contributed by atoms with Crippen molar-refractivity contribution in [3.8, 4) is 0 Å². The summed E-state index contributed by atoms with van der Waals surface area (Å²) in [4.78, 5) is 0. The molecule has 0 saturated heterocycles. The van der Waals surface area contributed by atoms with Crippen LogP contribution in [-0.2, 0) is 7.05 Å². The maximum atomic E-state index is 10.0. The normalized spacial score (nSPS) is 18.8. The van der Waals surface area contributed by atoms with E-state index in [2.05, 4.69) is 11.2 Å². The first kappa shape index (κ1) is 13.0. The molecule has 1 heterocycles. The predicted octanol–water partition coefficient (Wildman–Crippen LogP) is 2.76. The highest BCUT2D eigenvalue weighted by molar-refractivity contribution is 7.99. The van der Waals surface area contributed by atoms with Gasteiger partial charge >= 0.3 is 0 Å². The van der Waals surface area contributed by atoms with Crippen LogP contribution in [-0.4, -0.2) is 26.7 Å². The summed E-state index contributed by atoms with van der Waals surface area (Å²) in [5.41, 5.74) is 1.04. The summed E-state index contributed by atoms with van der Waals surface area (Å²) in [5.74, 6) is 1.55. The molecule has 1 aliphatic carbocycles. The minimum Gasteiger partial charge on any atom is -0.392 e. The standard InChI is InChI=1S/C13H22N2OS/c1-10-7-13(15(2)14-10)17-9-12(16)8-11-5-3-4-6-11/h7,11-12,16H,3-6,8-9H2,1-2H3. The number of aliphatic hydroxyl groups is 1. The van der Waals surface area contributed by atoms with Gasteiger partial charge in [0.2, 0.25) is 0 Å². The van der Waals surface area contributed by atoms with Crippen LogP contribution < -0.4 is 0 Å². The van der Waals surface area contributed by atoms with E-state index in [1.165, 1.54) is 25.7 Å². The largest absolute Gasteiger partial charge is 0.392 e. The van der Waals surface area contributed by atoms with E-state index in [1.54, 1.807) is 11.8 Å². The van der Waals surface area contributed by atoms with Gasteiger partial charge in [0.15, 0.2) is 0 Å². The molecule has 1 aromatic heterocycles. The first-order valence-corrected chi connectivity index (χ1v) is 7.45. The molecular formula is C13H22N2OS. The number of hydrogen-bond acceptors (Lipinski definition) is 3. The van der Waals surface area contributed by atoms with Crippen LogP contribution in [0.1, 0.15) is 37.8 Å². The van der Waals surface area contributed by atoms with Gasteiger partial charge in [0, 0.05) is 12.8 Å². The van der Waals surface area contributed by atoms with Crippen LogP contribution in [0.4, 0.5) is 0 Å². The molecule has 1 atom stereocenters. The minimum atomic E-state index is -0.168. The fraction of sp³-hybridized carbons (Fsp3) is 0.769. The molecule has 1 unspecified atom stereocenters. The predicted molar refractivity (Wildman–Crippen MR) is 71.3 cm³/mol. The van der Waals surface area contributed by atoms with E-state index in [0.717, 1.165) is 28.8 Å². The third-order valence-electron chi connectivity index (χ3n) is 3.46. The lowest BCUT2D eigenvalue weighted by Gasteiger charge is -2.14. The summed E-state index contributed by atoms with van der Waals surface area (Å²) in [6.07, 6.45) is 6.14. The Balaban J connectivity index is 1.75. The quantitative estimate of drug-likeness (QED) is 0.821. The summed E-state index contributed by atoms with van der Waals surface area (Å²) in [6, 6.07) is 2.08. The first-order valence-electron chi connectivity index (χ1n) is 6.46. The number of hydrogen-bond donors (Lipinski definition) is 1. The lowest BCUT2D eigenvalue weighted by molar-refractivity contribution is 0.165. The van der Waals surface area contributed by atoms with Gasteiger partial charge in [-0.2, -0.15) is 5.10 Å². The highest BCUT2D eigenvalue weighted by atomic mass is 32.2. The number of thioether (sulfide) groups is 1. The smallest absolute Gasteiger partial charge is 0.0940 e. The molecule has 0 aromatic carbocycles. The van der Waals surface area contributed by atoms with Crippen molar-refractivity contribution in [2.75, 3.05) is 5.75 Å². The average Bonchev–Trinajstić information content (AvgIpc) is 2.86. The van der Waals surface area contributed by atoms with Gasteiger partial charge in [-0.1, -0.05) is 25.7 Å². The average molecular weight is 254 g/mol. The highest BCUT2D eigenvalue weighted by Crippen LogP contribution is 2.30. The van der Waals surface area contributed by atoms with Crippen LogP contribution in [0.5, 0.6) is 0 Å². The first-order chi connectivity index (χ1) is 8.15. The molecule has 4 heteroatoms. The Morgan fingerprint density at radius 1 is 1.53 bits per heavy atom. The summed E-state index contributed by atoms with van der Waals surface area (Å²) in [5, 5.41) is 15.5. The highest BCUT2D eigenvalue weighted by Gasteiger charge is 2.19. The Bertz CT molecular complexity index is 358.